The maximum Gasteiger partial charge on any atom is 0.294 e. The van der Waals surface area contributed by atoms with Crippen molar-refractivity contribution >= 4 is 21.7 Å². The second-order valence-corrected chi connectivity index (χ2v) is 5.66. The van der Waals surface area contributed by atoms with Crippen LogP contribution in [0.1, 0.15) is 5.56 Å². The van der Waals surface area contributed by atoms with Crippen molar-refractivity contribution < 1.29 is 17.7 Å². The summed E-state index contributed by atoms with van der Waals surface area (Å²) in [5, 5.41) is 9.36. The highest BCUT2D eigenvalue weighted by Gasteiger charge is 2.10. The quantitative estimate of drug-likeness (QED) is 0.879. The van der Waals surface area contributed by atoms with Crippen molar-refractivity contribution in [3.63, 3.8) is 0 Å². The Morgan fingerprint density at radius 3 is 2.35 bits per heavy atom. The average Bonchev–Trinajstić information content (AvgIpc) is 2.38. The zero-order valence-electron chi connectivity index (χ0n) is 9.95. The van der Waals surface area contributed by atoms with Crippen LogP contribution in [0.5, 0.6) is 11.5 Å². The molecule has 0 aliphatic rings. The van der Waals surface area contributed by atoms with Crippen LogP contribution in [0.25, 0.3) is 0 Å². The maximum absolute atomic E-state index is 10.9. The summed E-state index contributed by atoms with van der Waals surface area (Å²) in [5.41, 5.74) is 0.299. The number of ether oxygens (including phenoxy) is 1. The van der Waals surface area contributed by atoms with Crippen LogP contribution in [-0.4, -0.2) is 13.0 Å². The predicted molar refractivity (Wildman–Crippen MR) is 72.5 cm³/mol. The van der Waals surface area contributed by atoms with Gasteiger partial charge in [0.25, 0.3) is 10.1 Å². The van der Waals surface area contributed by atoms with Crippen LogP contribution in [0.4, 0.5) is 0 Å². The molecule has 0 aliphatic heterocycles. The van der Waals surface area contributed by atoms with Gasteiger partial charge in [0.2, 0.25) is 0 Å². The van der Waals surface area contributed by atoms with Gasteiger partial charge in [0.1, 0.15) is 17.6 Å². The van der Waals surface area contributed by atoms with Gasteiger partial charge < -0.3 is 4.74 Å². The van der Waals surface area contributed by atoms with Crippen LogP contribution in [-0.2, 0) is 10.1 Å². The minimum absolute atomic E-state index is 0.239. The molecular weight excluding hydrogens is 302 g/mol. The number of nitrogens with zero attached hydrogens (tertiary/aromatic N) is 1. The lowest BCUT2D eigenvalue weighted by Crippen LogP contribution is -1.97. The highest BCUT2D eigenvalue weighted by Crippen LogP contribution is 2.28. The molecule has 0 radical (unpaired) electrons. The fraction of sp³-hybridized carbons (Fsp3) is 0. The second kappa shape index (κ2) is 5.51. The Hall–Kier alpha value is -2.07. The average molecular weight is 310 g/mol. The third-order valence-electron chi connectivity index (χ3n) is 2.41. The van der Waals surface area contributed by atoms with Gasteiger partial charge in [-0.3, -0.25) is 4.55 Å². The first-order chi connectivity index (χ1) is 9.40. The molecule has 0 fully saturated rings. The first-order valence-electron chi connectivity index (χ1n) is 5.35. The van der Waals surface area contributed by atoms with Gasteiger partial charge in [-0.25, -0.2) is 0 Å². The zero-order valence-corrected chi connectivity index (χ0v) is 11.5. The number of hydrogen-bond acceptors (Lipinski definition) is 4. The van der Waals surface area contributed by atoms with E-state index in [4.69, 9.17) is 26.2 Å². The van der Waals surface area contributed by atoms with Crippen LogP contribution in [0.2, 0.25) is 5.02 Å². The number of hydrogen-bond donors (Lipinski definition) is 1. The molecule has 0 saturated heterocycles. The van der Waals surface area contributed by atoms with Gasteiger partial charge >= 0.3 is 0 Å². The second-order valence-electron chi connectivity index (χ2n) is 3.80. The molecule has 20 heavy (non-hydrogen) atoms. The summed E-state index contributed by atoms with van der Waals surface area (Å²) in [4.78, 5) is -0.239. The first kappa shape index (κ1) is 14.3. The van der Waals surface area contributed by atoms with Crippen molar-refractivity contribution in [2.24, 2.45) is 0 Å². The highest BCUT2D eigenvalue weighted by molar-refractivity contribution is 7.85. The largest absolute Gasteiger partial charge is 0.456 e. The van der Waals surface area contributed by atoms with Crippen molar-refractivity contribution in [2.75, 3.05) is 0 Å². The number of benzene rings is 2. The molecule has 0 amide bonds. The molecule has 0 bridgehead atoms. The molecule has 5 nitrogen and oxygen atoms in total. The summed E-state index contributed by atoms with van der Waals surface area (Å²) in [7, 11) is -4.24. The monoisotopic (exact) mass is 309 g/mol. The van der Waals surface area contributed by atoms with Gasteiger partial charge in [-0.1, -0.05) is 11.6 Å². The van der Waals surface area contributed by atoms with Crippen LogP contribution >= 0.6 is 11.6 Å². The molecule has 0 aromatic heterocycles. The molecular formula is C13H8ClNO4S. The van der Waals surface area contributed by atoms with Crippen molar-refractivity contribution in [3.05, 3.63) is 53.1 Å². The van der Waals surface area contributed by atoms with E-state index < -0.39 is 10.1 Å². The van der Waals surface area contributed by atoms with Gasteiger partial charge in [0.15, 0.2) is 0 Å². The Balaban J connectivity index is 2.32. The lowest BCUT2D eigenvalue weighted by atomic mass is 10.2. The molecule has 2 aromatic rings. The molecule has 0 spiro atoms. The maximum atomic E-state index is 10.9. The van der Waals surface area contributed by atoms with Crippen molar-refractivity contribution in [2.45, 2.75) is 4.90 Å². The molecule has 0 atom stereocenters. The number of nitriles is 1. The Morgan fingerprint density at radius 1 is 1.15 bits per heavy atom. The summed E-state index contributed by atoms with van der Waals surface area (Å²) >= 11 is 5.82. The summed E-state index contributed by atoms with van der Waals surface area (Å²) in [6.45, 7) is 0. The number of rotatable bonds is 3. The zero-order chi connectivity index (χ0) is 14.8. The van der Waals surface area contributed by atoms with E-state index in [1.807, 2.05) is 6.07 Å². The van der Waals surface area contributed by atoms with Crippen molar-refractivity contribution in [1.82, 2.24) is 0 Å². The molecule has 7 heteroatoms. The van der Waals surface area contributed by atoms with E-state index in [9.17, 15) is 8.42 Å². The molecule has 0 unspecified atom stereocenters. The normalized spacial score (nSPS) is 10.8. The Kier molecular flexibility index (Phi) is 3.95. The summed E-state index contributed by atoms with van der Waals surface area (Å²) in [6, 6.07) is 11.6. The van der Waals surface area contributed by atoms with Crippen LogP contribution < -0.4 is 4.74 Å². The van der Waals surface area contributed by atoms with Crippen molar-refractivity contribution in [1.29, 1.82) is 5.26 Å². The molecule has 0 aliphatic carbocycles. The van der Waals surface area contributed by atoms with Gasteiger partial charge in [-0.15, -0.1) is 0 Å². The van der Waals surface area contributed by atoms with Gasteiger partial charge in [-0.2, -0.15) is 13.7 Å². The fourth-order valence-corrected chi connectivity index (χ4v) is 2.12. The van der Waals surface area contributed by atoms with Gasteiger partial charge in [0, 0.05) is 11.1 Å². The van der Waals surface area contributed by atoms with E-state index >= 15 is 0 Å². The van der Waals surface area contributed by atoms with Crippen molar-refractivity contribution in [3.8, 4) is 17.6 Å². The molecule has 1 N–H and O–H groups in total. The molecule has 2 rings (SSSR count). The lowest BCUT2D eigenvalue weighted by Gasteiger charge is -2.08. The standard InChI is InChI=1S/C13H8ClNO4S/c14-10-2-1-9(8-15)13(7-10)19-11-3-5-12(6-4-11)20(16,17)18/h1-7H,(H,16,17,18). The third kappa shape index (κ3) is 3.27. The Morgan fingerprint density at radius 2 is 1.80 bits per heavy atom. The van der Waals surface area contributed by atoms with E-state index in [2.05, 4.69) is 0 Å². The molecule has 2 aromatic carbocycles. The van der Waals surface area contributed by atoms with E-state index in [0.29, 0.717) is 16.3 Å². The van der Waals surface area contributed by atoms with Gasteiger partial charge in [0.05, 0.1) is 10.5 Å². The highest BCUT2D eigenvalue weighted by atomic mass is 35.5. The predicted octanol–water partition coefficient (Wildman–Crippen LogP) is 3.25. The lowest BCUT2D eigenvalue weighted by molar-refractivity contribution is 0.477. The van der Waals surface area contributed by atoms with E-state index in [1.165, 1.54) is 36.4 Å². The minimum atomic E-state index is -4.24. The van der Waals surface area contributed by atoms with Gasteiger partial charge in [-0.05, 0) is 36.4 Å². The summed E-state index contributed by atoms with van der Waals surface area (Å²) in [5.74, 6) is 0.579. The molecule has 0 heterocycles. The molecule has 102 valence electrons. The van der Waals surface area contributed by atoms with E-state index in [1.54, 1.807) is 6.07 Å². The summed E-state index contributed by atoms with van der Waals surface area (Å²) < 4.78 is 36.1. The molecule has 0 saturated carbocycles. The van der Waals surface area contributed by atoms with Crippen LogP contribution in [0.3, 0.4) is 0 Å². The Bertz CT molecular complexity index is 779. The SMILES string of the molecule is N#Cc1ccc(Cl)cc1Oc1ccc(S(=O)(=O)O)cc1. The third-order valence-corrected chi connectivity index (χ3v) is 3.52. The smallest absolute Gasteiger partial charge is 0.294 e. The topological polar surface area (TPSA) is 87.4 Å². The van der Waals surface area contributed by atoms with Crippen LogP contribution in [0.15, 0.2) is 47.4 Å². The fourth-order valence-electron chi connectivity index (χ4n) is 1.48. The first-order valence-corrected chi connectivity index (χ1v) is 7.17. The minimum Gasteiger partial charge on any atom is -0.456 e. The Labute approximate surface area is 120 Å². The van der Waals surface area contributed by atoms with E-state index in [-0.39, 0.29) is 10.6 Å². The van der Waals surface area contributed by atoms with E-state index in [0.717, 1.165) is 0 Å². The number of halogens is 1. The summed E-state index contributed by atoms with van der Waals surface area (Å²) in [6.07, 6.45) is 0. The van der Waals surface area contributed by atoms with Crippen LogP contribution in [0, 0.1) is 11.3 Å².